The Kier molecular flexibility index (Phi) is 5.89. The van der Waals surface area contributed by atoms with Gasteiger partial charge >= 0.3 is 0 Å². The molecule has 0 aliphatic rings. The molecule has 0 saturated carbocycles. The SMILES string of the molecule is Cc1c(/C=N/NC(=O)CNc2ccccc2)c2ccccn2c1C(=O)c1ccccc1. The minimum atomic E-state index is -0.262. The summed E-state index contributed by atoms with van der Waals surface area (Å²) in [6, 6.07) is 24.4. The second kappa shape index (κ2) is 9.09. The number of carbonyl (C=O) groups excluding carboxylic acids is 2. The van der Waals surface area contributed by atoms with Crippen LogP contribution in [-0.4, -0.2) is 28.9 Å². The number of anilines is 1. The van der Waals surface area contributed by atoms with Crippen LogP contribution in [0.5, 0.6) is 0 Å². The van der Waals surface area contributed by atoms with E-state index in [0.717, 1.165) is 22.3 Å². The fraction of sp³-hybridized carbons (Fsp3) is 0.0800. The predicted molar refractivity (Wildman–Crippen MR) is 123 cm³/mol. The number of carbonyl (C=O) groups is 2. The number of benzene rings is 2. The van der Waals surface area contributed by atoms with Crippen LogP contribution in [0.4, 0.5) is 5.69 Å². The van der Waals surface area contributed by atoms with Gasteiger partial charge in [0.2, 0.25) is 5.78 Å². The van der Waals surface area contributed by atoms with Crippen molar-refractivity contribution in [3.05, 3.63) is 107 Å². The molecule has 0 bridgehead atoms. The molecular formula is C25H22N4O2. The van der Waals surface area contributed by atoms with Gasteiger partial charge in [-0.1, -0.05) is 54.6 Å². The van der Waals surface area contributed by atoms with Crippen LogP contribution in [-0.2, 0) is 4.79 Å². The average Bonchev–Trinajstić information content (AvgIpc) is 3.10. The maximum atomic E-state index is 13.2. The molecule has 2 heterocycles. The number of hydrogen-bond acceptors (Lipinski definition) is 4. The standard InChI is InChI=1S/C25H22N4O2/c1-18-21(16-27-28-23(30)17-26-20-12-6-3-7-13-20)22-14-8-9-15-29(22)24(18)25(31)19-10-4-2-5-11-19/h2-16,26H,17H2,1H3,(H,28,30)/b27-16+. The monoisotopic (exact) mass is 410 g/mol. The van der Waals surface area contributed by atoms with Gasteiger partial charge in [-0.05, 0) is 36.8 Å². The van der Waals surface area contributed by atoms with E-state index in [4.69, 9.17) is 0 Å². The quantitative estimate of drug-likeness (QED) is 0.274. The highest BCUT2D eigenvalue weighted by atomic mass is 16.2. The summed E-state index contributed by atoms with van der Waals surface area (Å²) in [4.78, 5) is 25.3. The number of para-hydroxylation sites is 1. The first-order valence-corrected chi connectivity index (χ1v) is 9.95. The molecule has 2 aromatic heterocycles. The van der Waals surface area contributed by atoms with E-state index in [0.29, 0.717) is 11.3 Å². The number of amides is 1. The molecular weight excluding hydrogens is 388 g/mol. The smallest absolute Gasteiger partial charge is 0.259 e. The van der Waals surface area contributed by atoms with E-state index in [1.807, 2.05) is 84.3 Å². The van der Waals surface area contributed by atoms with E-state index in [1.54, 1.807) is 18.3 Å². The number of fused-ring (bicyclic) bond motifs is 1. The maximum Gasteiger partial charge on any atom is 0.259 e. The van der Waals surface area contributed by atoms with Crippen molar-refractivity contribution in [3.63, 3.8) is 0 Å². The van der Waals surface area contributed by atoms with Crippen molar-refractivity contribution in [1.29, 1.82) is 0 Å². The van der Waals surface area contributed by atoms with Crippen molar-refractivity contribution < 1.29 is 9.59 Å². The Hall–Kier alpha value is -4.19. The Bertz CT molecular complexity index is 1240. The Morgan fingerprint density at radius 1 is 0.935 bits per heavy atom. The van der Waals surface area contributed by atoms with Gasteiger partial charge in [0.1, 0.15) is 0 Å². The van der Waals surface area contributed by atoms with E-state index < -0.39 is 0 Å². The molecule has 0 aliphatic carbocycles. The summed E-state index contributed by atoms with van der Waals surface area (Å²) in [5.41, 5.74) is 7.05. The van der Waals surface area contributed by atoms with E-state index in [-0.39, 0.29) is 18.2 Å². The van der Waals surface area contributed by atoms with Crippen LogP contribution >= 0.6 is 0 Å². The molecule has 0 atom stereocenters. The number of nitrogens with zero attached hydrogens (tertiary/aromatic N) is 2. The van der Waals surface area contributed by atoms with Crippen molar-refractivity contribution in [3.8, 4) is 0 Å². The minimum absolute atomic E-state index is 0.0601. The van der Waals surface area contributed by atoms with Gasteiger partial charge in [-0.15, -0.1) is 0 Å². The zero-order chi connectivity index (χ0) is 21.6. The Balaban J connectivity index is 1.55. The molecule has 1 amide bonds. The molecule has 154 valence electrons. The lowest BCUT2D eigenvalue weighted by atomic mass is 10.0. The van der Waals surface area contributed by atoms with Gasteiger partial charge in [0.25, 0.3) is 5.91 Å². The van der Waals surface area contributed by atoms with Gasteiger partial charge in [0, 0.05) is 23.0 Å². The fourth-order valence-corrected chi connectivity index (χ4v) is 3.47. The Labute approximate surface area is 180 Å². The summed E-state index contributed by atoms with van der Waals surface area (Å²) < 4.78 is 1.87. The number of hydrazone groups is 1. The summed E-state index contributed by atoms with van der Waals surface area (Å²) in [7, 11) is 0. The summed E-state index contributed by atoms with van der Waals surface area (Å²) in [6.45, 7) is 2.00. The lowest BCUT2D eigenvalue weighted by molar-refractivity contribution is -0.119. The lowest BCUT2D eigenvalue weighted by Crippen LogP contribution is -2.25. The lowest BCUT2D eigenvalue weighted by Gasteiger charge is -2.04. The second-order valence-electron chi connectivity index (χ2n) is 7.05. The number of ketones is 1. The van der Waals surface area contributed by atoms with E-state index in [9.17, 15) is 9.59 Å². The summed E-state index contributed by atoms with van der Waals surface area (Å²) in [6.07, 6.45) is 3.45. The van der Waals surface area contributed by atoms with E-state index in [1.165, 1.54) is 0 Å². The van der Waals surface area contributed by atoms with Crippen molar-refractivity contribution in [2.75, 3.05) is 11.9 Å². The fourth-order valence-electron chi connectivity index (χ4n) is 3.47. The molecule has 0 spiro atoms. The van der Waals surface area contributed by atoms with Gasteiger partial charge in [-0.3, -0.25) is 9.59 Å². The number of nitrogens with one attached hydrogen (secondary N) is 2. The molecule has 4 rings (SSSR count). The van der Waals surface area contributed by atoms with Crippen molar-refractivity contribution in [2.45, 2.75) is 6.92 Å². The van der Waals surface area contributed by atoms with Crippen LogP contribution in [0.1, 0.15) is 27.2 Å². The van der Waals surface area contributed by atoms with Crippen LogP contribution in [0.25, 0.3) is 5.52 Å². The third-order valence-corrected chi connectivity index (χ3v) is 5.00. The molecule has 0 fully saturated rings. The van der Waals surface area contributed by atoms with Crippen molar-refractivity contribution in [1.82, 2.24) is 9.83 Å². The zero-order valence-electron chi connectivity index (χ0n) is 17.1. The number of hydrogen-bond donors (Lipinski definition) is 2. The molecule has 2 N–H and O–H groups in total. The first-order valence-electron chi connectivity index (χ1n) is 9.95. The summed E-state index contributed by atoms with van der Waals surface area (Å²) in [5, 5.41) is 7.16. The first kappa shape index (κ1) is 20.1. The molecule has 0 saturated heterocycles. The highest BCUT2D eigenvalue weighted by Gasteiger charge is 2.20. The molecule has 31 heavy (non-hydrogen) atoms. The third-order valence-electron chi connectivity index (χ3n) is 5.00. The Morgan fingerprint density at radius 2 is 1.61 bits per heavy atom. The third kappa shape index (κ3) is 4.38. The molecule has 0 unspecified atom stereocenters. The van der Waals surface area contributed by atoms with Crippen LogP contribution in [0.15, 0.2) is 90.2 Å². The van der Waals surface area contributed by atoms with Crippen LogP contribution in [0.3, 0.4) is 0 Å². The van der Waals surface area contributed by atoms with Gasteiger partial charge < -0.3 is 9.72 Å². The minimum Gasteiger partial charge on any atom is -0.376 e. The first-order chi connectivity index (χ1) is 15.1. The second-order valence-corrected chi connectivity index (χ2v) is 7.05. The van der Waals surface area contributed by atoms with Gasteiger partial charge in [-0.25, -0.2) is 5.43 Å². The Morgan fingerprint density at radius 3 is 2.35 bits per heavy atom. The molecule has 6 nitrogen and oxygen atoms in total. The van der Waals surface area contributed by atoms with Crippen LogP contribution < -0.4 is 10.7 Å². The number of rotatable bonds is 7. The molecule has 6 heteroatoms. The van der Waals surface area contributed by atoms with Crippen molar-refractivity contribution >= 4 is 29.1 Å². The summed E-state index contributed by atoms with van der Waals surface area (Å²) in [5.74, 6) is -0.322. The average molecular weight is 410 g/mol. The molecule has 0 aliphatic heterocycles. The maximum absolute atomic E-state index is 13.2. The van der Waals surface area contributed by atoms with E-state index in [2.05, 4.69) is 15.8 Å². The van der Waals surface area contributed by atoms with Crippen molar-refractivity contribution in [2.24, 2.45) is 5.10 Å². The number of aromatic nitrogens is 1. The van der Waals surface area contributed by atoms with Gasteiger partial charge in [-0.2, -0.15) is 5.10 Å². The molecule has 4 aromatic rings. The van der Waals surface area contributed by atoms with Gasteiger partial charge in [0.05, 0.1) is 24.0 Å². The van der Waals surface area contributed by atoms with Gasteiger partial charge in [0.15, 0.2) is 0 Å². The largest absolute Gasteiger partial charge is 0.376 e. The summed E-state index contributed by atoms with van der Waals surface area (Å²) >= 11 is 0. The predicted octanol–water partition coefficient (Wildman–Crippen LogP) is 4.04. The number of pyridine rings is 1. The van der Waals surface area contributed by atoms with Crippen LogP contribution in [0.2, 0.25) is 0 Å². The van der Waals surface area contributed by atoms with E-state index >= 15 is 0 Å². The zero-order valence-corrected chi connectivity index (χ0v) is 17.1. The highest BCUT2D eigenvalue weighted by molar-refractivity contribution is 6.12. The van der Waals surface area contributed by atoms with Crippen LogP contribution in [0, 0.1) is 6.92 Å². The molecule has 0 radical (unpaired) electrons. The topological polar surface area (TPSA) is 75.0 Å². The normalized spacial score (nSPS) is 11.0. The molecule has 2 aromatic carbocycles. The highest BCUT2D eigenvalue weighted by Crippen LogP contribution is 2.24.